The van der Waals surface area contributed by atoms with Crippen molar-refractivity contribution in [1.82, 2.24) is 9.55 Å². The number of hydrogen-bond acceptors (Lipinski definition) is 3. The number of rotatable bonds is 3. The molecular formula is C13H13N3O. The molecule has 4 heteroatoms. The van der Waals surface area contributed by atoms with E-state index < -0.39 is 0 Å². The number of imidazole rings is 1. The first kappa shape index (κ1) is 11.2. The van der Waals surface area contributed by atoms with Gasteiger partial charge in [-0.3, -0.25) is 0 Å². The lowest BCUT2D eigenvalue weighted by atomic mass is 10.2. The van der Waals surface area contributed by atoms with Crippen molar-refractivity contribution in [3.8, 4) is 23.2 Å². The van der Waals surface area contributed by atoms with Gasteiger partial charge < -0.3 is 9.30 Å². The van der Waals surface area contributed by atoms with Gasteiger partial charge in [0.05, 0.1) is 12.8 Å². The highest BCUT2D eigenvalue weighted by Gasteiger charge is 2.07. The van der Waals surface area contributed by atoms with Crippen LogP contribution in [-0.4, -0.2) is 16.2 Å². The molecule has 1 aromatic carbocycles. The Balaban J connectivity index is 2.34. The highest BCUT2D eigenvalue weighted by Crippen LogP contribution is 2.21. The van der Waals surface area contributed by atoms with Gasteiger partial charge in [-0.1, -0.05) is 0 Å². The predicted molar refractivity (Wildman–Crippen MR) is 64.5 cm³/mol. The third kappa shape index (κ3) is 2.13. The van der Waals surface area contributed by atoms with Crippen LogP contribution in [0.2, 0.25) is 0 Å². The standard InChI is InChI=1S/C13H13N3O/c1-3-17-12-6-4-10(5-7-12)13-15-9-11(8-14)16(13)2/h4-7,9H,3H2,1-2H3. The molecule has 0 amide bonds. The molecule has 86 valence electrons. The summed E-state index contributed by atoms with van der Waals surface area (Å²) in [7, 11) is 1.83. The lowest BCUT2D eigenvalue weighted by molar-refractivity contribution is 0.340. The molecule has 0 saturated heterocycles. The van der Waals surface area contributed by atoms with Gasteiger partial charge in [0.2, 0.25) is 0 Å². The number of ether oxygens (including phenoxy) is 1. The Labute approximate surface area is 100 Å². The summed E-state index contributed by atoms with van der Waals surface area (Å²) < 4.78 is 7.15. The first-order valence-corrected chi connectivity index (χ1v) is 5.41. The van der Waals surface area contributed by atoms with Crippen LogP contribution >= 0.6 is 0 Å². The van der Waals surface area contributed by atoms with E-state index in [1.807, 2.05) is 38.2 Å². The first-order valence-electron chi connectivity index (χ1n) is 5.41. The Bertz CT molecular complexity index is 549. The third-order valence-electron chi connectivity index (χ3n) is 2.53. The topological polar surface area (TPSA) is 50.8 Å². The van der Waals surface area contributed by atoms with Crippen LogP contribution in [0.3, 0.4) is 0 Å². The van der Waals surface area contributed by atoms with Gasteiger partial charge in [-0.25, -0.2) is 4.98 Å². The van der Waals surface area contributed by atoms with Crippen molar-refractivity contribution in [2.24, 2.45) is 7.05 Å². The lowest BCUT2D eigenvalue weighted by Crippen LogP contribution is -1.96. The average Bonchev–Trinajstić information content (AvgIpc) is 2.72. The first-order chi connectivity index (χ1) is 8.26. The van der Waals surface area contributed by atoms with Crippen LogP contribution in [0.4, 0.5) is 0 Å². The normalized spacial score (nSPS) is 9.94. The van der Waals surface area contributed by atoms with Crippen LogP contribution in [0.15, 0.2) is 30.5 Å². The number of hydrogen-bond donors (Lipinski definition) is 0. The molecule has 0 saturated carbocycles. The molecule has 1 aromatic heterocycles. The number of aromatic nitrogens is 2. The molecule has 17 heavy (non-hydrogen) atoms. The zero-order valence-corrected chi connectivity index (χ0v) is 9.84. The van der Waals surface area contributed by atoms with Crippen LogP contribution in [0.1, 0.15) is 12.6 Å². The van der Waals surface area contributed by atoms with Crippen LogP contribution in [0.5, 0.6) is 5.75 Å². The van der Waals surface area contributed by atoms with Crippen molar-refractivity contribution in [2.75, 3.05) is 6.61 Å². The van der Waals surface area contributed by atoms with E-state index in [0.29, 0.717) is 12.3 Å². The molecule has 0 fully saturated rings. The van der Waals surface area contributed by atoms with Crippen molar-refractivity contribution in [3.63, 3.8) is 0 Å². The summed E-state index contributed by atoms with van der Waals surface area (Å²) in [6, 6.07) is 9.78. The maximum absolute atomic E-state index is 8.86. The molecule has 0 spiro atoms. The van der Waals surface area contributed by atoms with Crippen molar-refractivity contribution in [3.05, 3.63) is 36.2 Å². The van der Waals surface area contributed by atoms with Crippen LogP contribution in [-0.2, 0) is 7.05 Å². The molecular weight excluding hydrogens is 214 g/mol. The van der Waals surface area contributed by atoms with Crippen LogP contribution in [0, 0.1) is 11.3 Å². The van der Waals surface area contributed by atoms with E-state index in [9.17, 15) is 0 Å². The molecule has 0 N–H and O–H groups in total. The maximum atomic E-state index is 8.86. The molecule has 2 rings (SSSR count). The quantitative estimate of drug-likeness (QED) is 0.808. The van der Waals surface area contributed by atoms with E-state index in [2.05, 4.69) is 11.1 Å². The van der Waals surface area contributed by atoms with Crippen LogP contribution in [0.25, 0.3) is 11.4 Å². The molecule has 0 aliphatic heterocycles. The van der Waals surface area contributed by atoms with Crippen molar-refractivity contribution < 1.29 is 4.74 Å². The van der Waals surface area contributed by atoms with Gasteiger partial charge in [0, 0.05) is 12.6 Å². The lowest BCUT2D eigenvalue weighted by Gasteiger charge is -2.05. The van der Waals surface area contributed by atoms with Gasteiger partial charge in [-0.05, 0) is 31.2 Å². The highest BCUT2D eigenvalue weighted by molar-refractivity contribution is 5.58. The Morgan fingerprint density at radius 2 is 2.06 bits per heavy atom. The monoisotopic (exact) mass is 227 g/mol. The Morgan fingerprint density at radius 3 is 2.59 bits per heavy atom. The van der Waals surface area contributed by atoms with E-state index in [-0.39, 0.29) is 0 Å². The Morgan fingerprint density at radius 1 is 1.35 bits per heavy atom. The molecule has 2 aromatic rings. The molecule has 0 unspecified atom stereocenters. The zero-order valence-electron chi connectivity index (χ0n) is 9.84. The summed E-state index contributed by atoms with van der Waals surface area (Å²) in [5.74, 6) is 1.62. The van der Waals surface area contributed by atoms with E-state index in [1.165, 1.54) is 0 Å². The second-order valence-electron chi connectivity index (χ2n) is 3.60. The molecule has 0 atom stereocenters. The molecule has 4 nitrogen and oxygen atoms in total. The minimum Gasteiger partial charge on any atom is -0.494 e. The summed E-state index contributed by atoms with van der Waals surface area (Å²) in [6.07, 6.45) is 1.58. The summed E-state index contributed by atoms with van der Waals surface area (Å²) in [4.78, 5) is 4.23. The van der Waals surface area contributed by atoms with E-state index in [0.717, 1.165) is 17.1 Å². The summed E-state index contributed by atoms with van der Waals surface area (Å²) >= 11 is 0. The van der Waals surface area contributed by atoms with Gasteiger partial charge in [-0.15, -0.1) is 0 Å². The van der Waals surface area contributed by atoms with E-state index in [4.69, 9.17) is 10.00 Å². The maximum Gasteiger partial charge on any atom is 0.140 e. The third-order valence-corrected chi connectivity index (χ3v) is 2.53. The van der Waals surface area contributed by atoms with Crippen molar-refractivity contribution in [1.29, 1.82) is 5.26 Å². The Kier molecular flexibility index (Phi) is 3.10. The molecule has 1 heterocycles. The second-order valence-corrected chi connectivity index (χ2v) is 3.60. The van der Waals surface area contributed by atoms with Gasteiger partial charge in [0.1, 0.15) is 23.3 Å². The average molecular weight is 227 g/mol. The predicted octanol–water partition coefficient (Wildman–Crippen LogP) is 2.36. The smallest absolute Gasteiger partial charge is 0.140 e. The summed E-state index contributed by atoms with van der Waals surface area (Å²) in [5.41, 5.74) is 1.52. The number of benzene rings is 1. The fraction of sp³-hybridized carbons (Fsp3) is 0.231. The SMILES string of the molecule is CCOc1ccc(-c2ncc(C#N)n2C)cc1. The summed E-state index contributed by atoms with van der Waals surface area (Å²) in [6.45, 7) is 2.60. The molecule has 0 aliphatic rings. The minimum atomic E-state index is 0.550. The van der Waals surface area contributed by atoms with Crippen LogP contribution < -0.4 is 4.74 Å². The molecule has 0 aliphatic carbocycles. The summed E-state index contributed by atoms with van der Waals surface area (Å²) in [5, 5.41) is 8.86. The van der Waals surface area contributed by atoms with Crippen molar-refractivity contribution in [2.45, 2.75) is 6.92 Å². The molecule has 0 radical (unpaired) electrons. The minimum absolute atomic E-state index is 0.550. The zero-order chi connectivity index (χ0) is 12.3. The number of nitrogens with zero attached hydrogens (tertiary/aromatic N) is 3. The second kappa shape index (κ2) is 4.71. The van der Waals surface area contributed by atoms with E-state index >= 15 is 0 Å². The molecule has 0 bridgehead atoms. The van der Waals surface area contributed by atoms with E-state index in [1.54, 1.807) is 10.8 Å². The highest BCUT2D eigenvalue weighted by atomic mass is 16.5. The Hall–Kier alpha value is -2.28. The fourth-order valence-corrected chi connectivity index (χ4v) is 1.65. The van der Waals surface area contributed by atoms with Gasteiger partial charge in [0.15, 0.2) is 0 Å². The largest absolute Gasteiger partial charge is 0.494 e. The van der Waals surface area contributed by atoms with Crippen molar-refractivity contribution >= 4 is 0 Å². The van der Waals surface area contributed by atoms with Gasteiger partial charge >= 0.3 is 0 Å². The fourth-order valence-electron chi connectivity index (χ4n) is 1.65. The number of nitriles is 1. The van der Waals surface area contributed by atoms with Gasteiger partial charge in [-0.2, -0.15) is 5.26 Å². The van der Waals surface area contributed by atoms with Gasteiger partial charge in [0.25, 0.3) is 0 Å².